The third kappa shape index (κ3) is 3.97. The van der Waals surface area contributed by atoms with E-state index in [4.69, 9.17) is 10.5 Å². The molecule has 1 aliphatic rings. The summed E-state index contributed by atoms with van der Waals surface area (Å²) in [6.07, 6.45) is 0.357. The van der Waals surface area contributed by atoms with E-state index in [1.54, 1.807) is 0 Å². The Balaban J connectivity index is 1.52. The quantitative estimate of drug-likeness (QED) is 0.855. The van der Waals surface area contributed by atoms with Crippen molar-refractivity contribution >= 4 is 21.8 Å². The third-order valence-electron chi connectivity index (χ3n) is 4.36. The first kappa shape index (κ1) is 17.0. The number of amides is 1. The molecule has 0 radical (unpaired) electrons. The summed E-state index contributed by atoms with van der Waals surface area (Å²) >= 11 is 3.43. The topological polar surface area (TPSA) is 55.6 Å². The summed E-state index contributed by atoms with van der Waals surface area (Å²) in [6, 6.07) is 17.8. The number of benzene rings is 2. The average molecular weight is 389 g/mol. The van der Waals surface area contributed by atoms with Crippen molar-refractivity contribution in [2.75, 3.05) is 19.7 Å². The summed E-state index contributed by atoms with van der Waals surface area (Å²) in [4.78, 5) is 14.3. The minimum atomic E-state index is -0.0134. The number of nitrogens with two attached hydrogens (primary N) is 1. The Morgan fingerprint density at radius 2 is 1.83 bits per heavy atom. The predicted molar refractivity (Wildman–Crippen MR) is 98.0 cm³/mol. The molecule has 5 heteroatoms. The highest BCUT2D eigenvalue weighted by atomic mass is 79.9. The molecule has 4 nitrogen and oxygen atoms in total. The molecular weight excluding hydrogens is 368 g/mol. The lowest BCUT2D eigenvalue weighted by atomic mass is 9.95. The molecule has 0 spiro atoms. The number of likely N-dealkylation sites (tertiary alicyclic amines) is 1. The molecule has 2 aromatic carbocycles. The molecule has 2 aromatic rings. The van der Waals surface area contributed by atoms with Crippen molar-refractivity contribution in [2.45, 2.75) is 18.4 Å². The van der Waals surface area contributed by atoms with Gasteiger partial charge in [-0.3, -0.25) is 4.79 Å². The number of hydrogen-bond donors (Lipinski definition) is 1. The first-order valence-corrected chi connectivity index (χ1v) is 8.90. The molecule has 1 saturated heterocycles. The molecule has 0 saturated carbocycles. The molecule has 1 aliphatic heterocycles. The van der Waals surface area contributed by atoms with Crippen LogP contribution < -0.4 is 10.5 Å². The fourth-order valence-electron chi connectivity index (χ4n) is 3.05. The second kappa shape index (κ2) is 7.81. The van der Waals surface area contributed by atoms with Crippen LogP contribution in [0, 0.1) is 0 Å². The second-order valence-corrected chi connectivity index (χ2v) is 6.86. The lowest BCUT2D eigenvalue weighted by molar-refractivity contribution is -0.130. The largest absolute Gasteiger partial charge is 0.492 e. The number of carbonyl (C=O) groups is 1. The van der Waals surface area contributed by atoms with Gasteiger partial charge < -0.3 is 15.4 Å². The molecule has 126 valence electrons. The van der Waals surface area contributed by atoms with Crippen molar-refractivity contribution in [3.63, 3.8) is 0 Å². The van der Waals surface area contributed by atoms with Gasteiger partial charge in [0.05, 0.1) is 17.5 Å². The number of carbonyl (C=O) groups excluding carboxylic acids is 1. The lowest BCUT2D eigenvalue weighted by Gasteiger charge is -2.17. The van der Waals surface area contributed by atoms with Gasteiger partial charge in [0.15, 0.2) is 0 Å². The fourth-order valence-corrected chi connectivity index (χ4v) is 3.45. The lowest BCUT2D eigenvalue weighted by Crippen LogP contribution is -2.32. The number of hydrogen-bond acceptors (Lipinski definition) is 3. The fraction of sp³-hybridized carbons (Fsp3) is 0.316. The first-order chi connectivity index (χ1) is 11.6. The second-order valence-electron chi connectivity index (χ2n) is 6.01. The van der Waals surface area contributed by atoms with Gasteiger partial charge in [-0.1, -0.05) is 42.5 Å². The molecule has 24 heavy (non-hydrogen) atoms. The van der Waals surface area contributed by atoms with Crippen LogP contribution in [-0.2, 0) is 4.79 Å². The van der Waals surface area contributed by atoms with E-state index in [0.717, 1.165) is 10.2 Å². The zero-order valence-electron chi connectivity index (χ0n) is 13.4. The van der Waals surface area contributed by atoms with Crippen molar-refractivity contribution in [1.29, 1.82) is 0 Å². The van der Waals surface area contributed by atoms with Crippen LogP contribution in [-0.4, -0.2) is 36.5 Å². The standard InChI is InChI=1S/C19H21BrN2O2/c20-16-8-4-5-9-18(16)24-11-10-19(23)22-12-15(17(21)13-22)14-6-2-1-3-7-14/h1-9,15,17H,10-13,21H2/t15-,17+/m0/s1. The van der Waals surface area contributed by atoms with Crippen LogP contribution >= 0.6 is 15.9 Å². The number of rotatable bonds is 5. The normalized spacial score (nSPS) is 20.2. The van der Waals surface area contributed by atoms with Crippen LogP contribution in [0.3, 0.4) is 0 Å². The van der Waals surface area contributed by atoms with Crippen molar-refractivity contribution in [3.05, 3.63) is 64.6 Å². The Bertz CT molecular complexity index is 693. The molecule has 0 aliphatic carbocycles. The van der Waals surface area contributed by atoms with Crippen LogP contribution in [0.1, 0.15) is 17.9 Å². The van der Waals surface area contributed by atoms with Crippen molar-refractivity contribution in [2.24, 2.45) is 5.73 Å². The molecule has 0 aromatic heterocycles. The molecule has 1 heterocycles. The highest BCUT2D eigenvalue weighted by Crippen LogP contribution is 2.27. The Morgan fingerprint density at radius 1 is 1.12 bits per heavy atom. The number of para-hydroxylation sites is 1. The van der Waals surface area contributed by atoms with Gasteiger partial charge in [0.1, 0.15) is 5.75 Å². The number of halogens is 1. The van der Waals surface area contributed by atoms with Gasteiger partial charge in [0.25, 0.3) is 0 Å². The molecular formula is C19H21BrN2O2. The van der Waals surface area contributed by atoms with Crippen LogP contribution in [0.25, 0.3) is 0 Å². The summed E-state index contributed by atoms with van der Waals surface area (Å²) in [5, 5.41) is 0. The van der Waals surface area contributed by atoms with Gasteiger partial charge in [0, 0.05) is 25.0 Å². The Kier molecular flexibility index (Phi) is 5.53. The molecule has 2 N–H and O–H groups in total. The van der Waals surface area contributed by atoms with Crippen LogP contribution in [0.5, 0.6) is 5.75 Å². The summed E-state index contributed by atoms with van der Waals surface area (Å²) < 4.78 is 6.57. The molecule has 0 unspecified atom stereocenters. The molecule has 3 rings (SSSR count). The van der Waals surface area contributed by atoms with E-state index in [-0.39, 0.29) is 17.9 Å². The van der Waals surface area contributed by atoms with Crippen molar-refractivity contribution in [3.8, 4) is 5.75 Å². The van der Waals surface area contributed by atoms with Crippen LogP contribution in [0.15, 0.2) is 59.1 Å². The zero-order chi connectivity index (χ0) is 16.9. The maximum Gasteiger partial charge on any atom is 0.226 e. The van der Waals surface area contributed by atoms with Crippen molar-refractivity contribution in [1.82, 2.24) is 4.90 Å². The molecule has 2 atom stereocenters. The van der Waals surface area contributed by atoms with Crippen LogP contribution in [0.2, 0.25) is 0 Å². The Labute approximate surface area is 150 Å². The molecule has 0 bridgehead atoms. The van der Waals surface area contributed by atoms with E-state index in [2.05, 4.69) is 28.1 Å². The van der Waals surface area contributed by atoms with Gasteiger partial charge in [0.2, 0.25) is 5.91 Å². The SMILES string of the molecule is N[C@@H]1CN(C(=O)CCOc2ccccc2Br)C[C@H]1c1ccccc1. The van der Waals surface area contributed by atoms with Crippen molar-refractivity contribution < 1.29 is 9.53 Å². The van der Waals surface area contributed by atoms with Gasteiger partial charge in [-0.2, -0.15) is 0 Å². The molecule has 1 amide bonds. The zero-order valence-corrected chi connectivity index (χ0v) is 15.0. The van der Waals surface area contributed by atoms with Gasteiger partial charge >= 0.3 is 0 Å². The van der Waals surface area contributed by atoms with E-state index >= 15 is 0 Å². The first-order valence-electron chi connectivity index (χ1n) is 8.11. The summed E-state index contributed by atoms with van der Waals surface area (Å²) in [5.41, 5.74) is 7.45. The maximum atomic E-state index is 12.4. The maximum absolute atomic E-state index is 12.4. The van der Waals surface area contributed by atoms with Gasteiger partial charge in [-0.25, -0.2) is 0 Å². The minimum Gasteiger partial charge on any atom is -0.492 e. The van der Waals surface area contributed by atoms with Gasteiger partial charge in [-0.15, -0.1) is 0 Å². The predicted octanol–water partition coefficient (Wildman–Crippen LogP) is 3.17. The summed E-state index contributed by atoms with van der Waals surface area (Å²) in [5.74, 6) is 1.06. The smallest absolute Gasteiger partial charge is 0.226 e. The van der Waals surface area contributed by atoms with Gasteiger partial charge in [-0.05, 0) is 33.6 Å². The monoisotopic (exact) mass is 388 g/mol. The third-order valence-corrected chi connectivity index (χ3v) is 5.01. The Hall–Kier alpha value is -1.85. The van der Waals surface area contributed by atoms with E-state index in [0.29, 0.717) is 26.1 Å². The molecule has 1 fully saturated rings. The van der Waals surface area contributed by atoms with E-state index < -0.39 is 0 Å². The highest BCUT2D eigenvalue weighted by Gasteiger charge is 2.33. The van der Waals surface area contributed by atoms with E-state index in [1.807, 2.05) is 47.4 Å². The van der Waals surface area contributed by atoms with E-state index in [9.17, 15) is 4.79 Å². The average Bonchev–Trinajstić information content (AvgIpc) is 2.99. The number of nitrogens with zero attached hydrogens (tertiary/aromatic N) is 1. The Morgan fingerprint density at radius 3 is 2.58 bits per heavy atom. The summed E-state index contributed by atoms with van der Waals surface area (Å²) in [6.45, 7) is 1.65. The highest BCUT2D eigenvalue weighted by molar-refractivity contribution is 9.10. The number of ether oxygens (including phenoxy) is 1. The summed E-state index contributed by atoms with van der Waals surface area (Å²) in [7, 11) is 0. The van der Waals surface area contributed by atoms with Crippen LogP contribution in [0.4, 0.5) is 0 Å². The minimum absolute atomic E-state index is 0.0134. The van der Waals surface area contributed by atoms with E-state index in [1.165, 1.54) is 5.56 Å².